The van der Waals surface area contributed by atoms with Crippen LogP contribution in [0.2, 0.25) is 0 Å². The predicted molar refractivity (Wildman–Crippen MR) is 71.8 cm³/mol. The van der Waals surface area contributed by atoms with E-state index in [-0.39, 0.29) is 25.0 Å². The minimum Gasteiger partial charge on any atom is -0.381 e. The molecule has 118 valence electrons. The van der Waals surface area contributed by atoms with Crippen molar-refractivity contribution in [2.75, 3.05) is 13.2 Å². The molecule has 7 heteroatoms. The molecule has 0 saturated carbocycles. The Morgan fingerprint density at radius 3 is 2.24 bits per heavy atom. The highest BCUT2D eigenvalue weighted by Crippen LogP contribution is 2.13. The van der Waals surface area contributed by atoms with E-state index in [9.17, 15) is 19.2 Å². The van der Waals surface area contributed by atoms with Gasteiger partial charge in [-0.3, -0.25) is 9.59 Å². The maximum Gasteiger partial charge on any atom is 0.333 e. The number of imide groups is 1. The molecule has 0 aromatic carbocycles. The minimum absolute atomic E-state index is 0.0974. The SMILES string of the molecule is CC(=O)CCCOCCCCC(=O)ON1C(=O)CCC1=O. The molecule has 1 saturated heterocycles. The highest BCUT2D eigenvalue weighted by molar-refractivity contribution is 6.01. The summed E-state index contributed by atoms with van der Waals surface area (Å²) in [7, 11) is 0. The van der Waals surface area contributed by atoms with Gasteiger partial charge in [0, 0.05) is 38.9 Å². The van der Waals surface area contributed by atoms with Crippen LogP contribution in [0.15, 0.2) is 0 Å². The second kappa shape index (κ2) is 9.23. The molecule has 0 N–H and O–H groups in total. The van der Waals surface area contributed by atoms with Crippen molar-refractivity contribution in [3.8, 4) is 0 Å². The summed E-state index contributed by atoms with van der Waals surface area (Å²) in [4.78, 5) is 49.3. The summed E-state index contributed by atoms with van der Waals surface area (Å²) in [5.74, 6) is -1.38. The molecular weight excluding hydrogens is 278 g/mol. The fourth-order valence-corrected chi connectivity index (χ4v) is 1.80. The van der Waals surface area contributed by atoms with Crippen LogP contribution in [0.25, 0.3) is 0 Å². The molecule has 7 nitrogen and oxygen atoms in total. The standard InChI is InChI=1S/C14H21NO6/c1-11(16)5-4-10-20-9-3-2-6-14(19)21-15-12(17)7-8-13(15)18/h2-10H2,1H3. The zero-order valence-electron chi connectivity index (χ0n) is 12.3. The lowest BCUT2D eigenvalue weighted by atomic mass is 10.2. The number of nitrogens with zero attached hydrogens (tertiary/aromatic N) is 1. The van der Waals surface area contributed by atoms with E-state index in [0.717, 1.165) is 0 Å². The molecule has 0 bridgehead atoms. The smallest absolute Gasteiger partial charge is 0.333 e. The maximum absolute atomic E-state index is 11.5. The number of carbonyl (C=O) groups excluding carboxylic acids is 4. The van der Waals surface area contributed by atoms with Crippen LogP contribution < -0.4 is 0 Å². The highest BCUT2D eigenvalue weighted by Gasteiger charge is 2.32. The van der Waals surface area contributed by atoms with E-state index >= 15 is 0 Å². The van der Waals surface area contributed by atoms with E-state index in [2.05, 4.69) is 0 Å². The summed E-state index contributed by atoms with van der Waals surface area (Å²) in [5, 5.41) is 0.556. The molecule has 0 aliphatic carbocycles. The molecule has 1 rings (SSSR count). The Labute approximate surface area is 123 Å². The van der Waals surface area contributed by atoms with Crippen molar-refractivity contribution in [1.29, 1.82) is 0 Å². The van der Waals surface area contributed by atoms with Crippen LogP contribution in [0.4, 0.5) is 0 Å². The van der Waals surface area contributed by atoms with Crippen LogP contribution in [-0.2, 0) is 28.8 Å². The molecule has 0 radical (unpaired) electrons. The number of hydrogen-bond donors (Lipinski definition) is 0. The summed E-state index contributed by atoms with van der Waals surface area (Å²) in [6.45, 7) is 2.58. The first-order valence-electron chi connectivity index (χ1n) is 7.14. The lowest BCUT2D eigenvalue weighted by Gasteiger charge is -2.12. The summed E-state index contributed by atoms with van der Waals surface area (Å²) in [6.07, 6.45) is 2.79. The lowest BCUT2D eigenvalue weighted by molar-refractivity contribution is -0.197. The Balaban J connectivity index is 2.00. The summed E-state index contributed by atoms with van der Waals surface area (Å²) in [6, 6.07) is 0. The van der Waals surface area contributed by atoms with Gasteiger partial charge in [0.1, 0.15) is 5.78 Å². The number of hydrogen-bond acceptors (Lipinski definition) is 6. The zero-order valence-corrected chi connectivity index (χ0v) is 12.3. The molecule has 1 heterocycles. The fourth-order valence-electron chi connectivity index (χ4n) is 1.80. The van der Waals surface area contributed by atoms with Gasteiger partial charge in [0.25, 0.3) is 11.8 Å². The van der Waals surface area contributed by atoms with E-state index in [1.807, 2.05) is 0 Å². The third-order valence-corrected chi connectivity index (χ3v) is 2.94. The van der Waals surface area contributed by atoms with Gasteiger partial charge >= 0.3 is 5.97 Å². The van der Waals surface area contributed by atoms with Gasteiger partial charge < -0.3 is 14.4 Å². The number of rotatable bonds is 10. The fraction of sp³-hybridized carbons (Fsp3) is 0.714. The van der Waals surface area contributed by atoms with E-state index in [0.29, 0.717) is 44.0 Å². The van der Waals surface area contributed by atoms with Gasteiger partial charge in [-0.25, -0.2) is 4.79 Å². The van der Waals surface area contributed by atoms with Gasteiger partial charge in [-0.2, -0.15) is 0 Å². The third-order valence-electron chi connectivity index (χ3n) is 2.94. The minimum atomic E-state index is -0.588. The molecular formula is C14H21NO6. The van der Waals surface area contributed by atoms with Crippen molar-refractivity contribution in [2.24, 2.45) is 0 Å². The second-order valence-corrected chi connectivity index (χ2v) is 4.92. The van der Waals surface area contributed by atoms with Crippen LogP contribution in [-0.4, -0.2) is 41.8 Å². The summed E-state index contributed by atoms with van der Waals surface area (Å²) < 4.78 is 5.31. The topological polar surface area (TPSA) is 90.0 Å². The van der Waals surface area contributed by atoms with Crippen molar-refractivity contribution in [1.82, 2.24) is 5.06 Å². The number of ether oxygens (including phenoxy) is 1. The van der Waals surface area contributed by atoms with Crippen molar-refractivity contribution in [3.63, 3.8) is 0 Å². The van der Waals surface area contributed by atoms with Crippen molar-refractivity contribution in [2.45, 2.75) is 51.9 Å². The van der Waals surface area contributed by atoms with E-state index in [1.54, 1.807) is 6.92 Å². The summed E-state index contributed by atoms with van der Waals surface area (Å²) in [5.41, 5.74) is 0. The number of ketones is 1. The van der Waals surface area contributed by atoms with E-state index < -0.39 is 17.8 Å². The van der Waals surface area contributed by atoms with Gasteiger partial charge in [-0.1, -0.05) is 0 Å². The molecule has 0 atom stereocenters. The van der Waals surface area contributed by atoms with Crippen LogP contribution >= 0.6 is 0 Å². The molecule has 2 amide bonds. The zero-order chi connectivity index (χ0) is 15.7. The molecule has 1 aliphatic rings. The van der Waals surface area contributed by atoms with Crippen molar-refractivity contribution >= 4 is 23.6 Å². The first kappa shape index (κ1) is 17.3. The first-order chi connectivity index (χ1) is 10.0. The Morgan fingerprint density at radius 1 is 1.00 bits per heavy atom. The van der Waals surface area contributed by atoms with Gasteiger partial charge in [-0.15, -0.1) is 5.06 Å². The maximum atomic E-state index is 11.5. The van der Waals surface area contributed by atoms with Crippen molar-refractivity contribution < 1.29 is 28.8 Å². The Kier molecular flexibility index (Phi) is 7.60. The highest BCUT2D eigenvalue weighted by atomic mass is 16.7. The van der Waals surface area contributed by atoms with Crippen molar-refractivity contribution in [3.05, 3.63) is 0 Å². The molecule has 0 spiro atoms. The number of carbonyl (C=O) groups is 4. The molecule has 1 fully saturated rings. The Bertz CT molecular complexity index is 390. The van der Waals surface area contributed by atoms with Gasteiger partial charge in [0.2, 0.25) is 0 Å². The van der Waals surface area contributed by atoms with Crippen LogP contribution in [0, 0.1) is 0 Å². The summed E-state index contributed by atoms with van der Waals surface area (Å²) >= 11 is 0. The first-order valence-corrected chi connectivity index (χ1v) is 7.14. The van der Waals surface area contributed by atoms with Crippen LogP contribution in [0.5, 0.6) is 0 Å². The average Bonchev–Trinajstić information content (AvgIpc) is 2.73. The number of unbranched alkanes of at least 4 members (excludes halogenated alkanes) is 1. The second-order valence-electron chi connectivity index (χ2n) is 4.92. The Hall–Kier alpha value is -1.76. The number of amides is 2. The average molecular weight is 299 g/mol. The normalized spacial score (nSPS) is 14.6. The predicted octanol–water partition coefficient (Wildman–Crippen LogP) is 1.15. The molecule has 0 unspecified atom stereocenters. The van der Waals surface area contributed by atoms with Gasteiger partial charge in [0.15, 0.2) is 0 Å². The van der Waals surface area contributed by atoms with Gasteiger partial charge in [0.05, 0.1) is 0 Å². The largest absolute Gasteiger partial charge is 0.381 e. The number of Topliss-reactive ketones (excluding diaryl/α,β-unsaturated/α-hetero) is 1. The number of hydroxylamine groups is 2. The quantitative estimate of drug-likeness (QED) is 0.444. The molecule has 21 heavy (non-hydrogen) atoms. The molecule has 0 aromatic rings. The Morgan fingerprint density at radius 2 is 1.62 bits per heavy atom. The van der Waals surface area contributed by atoms with E-state index in [4.69, 9.17) is 9.57 Å². The molecule has 0 aromatic heterocycles. The van der Waals surface area contributed by atoms with Gasteiger partial charge in [-0.05, 0) is 26.2 Å². The molecule has 1 aliphatic heterocycles. The monoisotopic (exact) mass is 299 g/mol. The third kappa shape index (κ3) is 6.99. The van der Waals surface area contributed by atoms with E-state index in [1.165, 1.54) is 0 Å². The van der Waals surface area contributed by atoms with Crippen LogP contribution in [0.3, 0.4) is 0 Å². The lowest BCUT2D eigenvalue weighted by Crippen LogP contribution is -2.31. The van der Waals surface area contributed by atoms with Crippen LogP contribution in [0.1, 0.15) is 51.9 Å².